The molecule has 5 heteroatoms. The standard InChI is InChI=1S/C17H26N2O2S/c1-10(13-8-11-3-4-12(13)7-11)18-16(21)14-9-22-17(2)6-5-15(20)19(14)17/h10-14H,3-9H2,1-2H3,(H,18,21)/t10-,11-,12-,13+,14-,17-/m0/s1. The van der Waals surface area contributed by atoms with Crippen LogP contribution in [0.15, 0.2) is 0 Å². The number of hydrogen-bond donors (Lipinski definition) is 1. The Hall–Kier alpha value is -0.710. The van der Waals surface area contributed by atoms with Gasteiger partial charge in [0.1, 0.15) is 6.04 Å². The van der Waals surface area contributed by atoms with Crippen molar-refractivity contribution in [2.75, 3.05) is 5.75 Å². The van der Waals surface area contributed by atoms with Gasteiger partial charge in [0.25, 0.3) is 0 Å². The predicted octanol–water partition coefficient (Wildman–Crippen LogP) is 2.38. The maximum absolute atomic E-state index is 12.7. The molecular formula is C17H26N2O2S. The normalized spacial score (nSPS) is 44.5. The SMILES string of the molecule is C[C@H](NC(=O)[C@@H]1CS[C@@]2(C)CCC(=O)N12)[C@H]1C[C@H]2CC[C@H]1C2. The first-order chi connectivity index (χ1) is 10.5. The summed E-state index contributed by atoms with van der Waals surface area (Å²) < 4.78 is 0. The molecule has 2 aliphatic carbocycles. The van der Waals surface area contributed by atoms with E-state index in [4.69, 9.17) is 0 Å². The van der Waals surface area contributed by atoms with Crippen molar-refractivity contribution in [2.45, 2.75) is 69.3 Å². The summed E-state index contributed by atoms with van der Waals surface area (Å²) in [5.74, 6) is 3.34. The molecule has 0 aromatic heterocycles. The zero-order chi connectivity index (χ0) is 15.5. The first kappa shape index (κ1) is 14.9. The number of carbonyl (C=O) groups excluding carboxylic acids is 2. The summed E-state index contributed by atoms with van der Waals surface area (Å²) in [6, 6.07) is -0.0107. The van der Waals surface area contributed by atoms with Crippen molar-refractivity contribution in [2.24, 2.45) is 17.8 Å². The number of nitrogens with zero attached hydrogens (tertiary/aromatic N) is 1. The second-order valence-electron chi connectivity index (χ2n) is 7.90. The average Bonchev–Trinajstić information content (AvgIpc) is 3.21. The van der Waals surface area contributed by atoms with Crippen molar-refractivity contribution in [3.63, 3.8) is 0 Å². The fourth-order valence-electron chi connectivity index (χ4n) is 5.35. The van der Waals surface area contributed by atoms with Crippen LogP contribution in [0.4, 0.5) is 0 Å². The lowest BCUT2D eigenvalue weighted by atomic mass is 9.84. The van der Waals surface area contributed by atoms with Gasteiger partial charge in [-0.2, -0.15) is 0 Å². The lowest BCUT2D eigenvalue weighted by Gasteiger charge is -2.32. The van der Waals surface area contributed by atoms with E-state index in [1.165, 1.54) is 25.7 Å². The Balaban J connectivity index is 1.41. The monoisotopic (exact) mass is 322 g/mol. The highest BCUT2D eigenvalue weighted by atomic mass is 32.2. The van der Waals surface area contributed by atoms with E-state index in [0.29, 0.717) is 12.3 Å². The third kappa shape index (κ3) is 2.19. The van der Waals surface area contributed by atoms with Crippen molar-refractivity contribution in [3.8, 4) is 0 Å². The smallest absolute Gasteiger partial charge is 0.243 e. The third-order valence-electron chi connectivity index (χ3n) is 6.55. The van der Waals surface area contributed by atoms with Crippen molar-refractivity contribution in [3.05, 3.63) is 0 Å². The van der Waals surface area contributed by atoms with Crippen LogP contribution in [0.5, 0.6) is 0 Å². The molecule has 22 heavy (non-hydrogen) atoms. The maximum Gasteiger partial charge on any atom is 0.243 e. The number of hydrogen-bond acceptors (Lipinski definition) is 3. The van der Waals surface area contributed by atoms with Gasteiger partial charge in [0, 0.05) is 18.2 Å². The first-order valence-electron chi connectivity index (χ1n) is 8.74. The van der Waals surface area contributed by atoms with E-state index in [1.807, 2.05) is 4.90 Å². The van der Waals surface area contributed by atoms with Gasteiger partial charge >= 0.3 is 0 Å². The highest BCUT2D eigenvalue weighted by Gasteiger charge is 2.53. The molecule has 0 aromatic carbocycles. The van der Waals surface area contributed by atoms with Gasteiger partial charge < -0.3 is 10.2 Å². The van der Waals surface area contributed by atoms with E-state index in [1.54, 1.807) is 11.8 Å². The molecule has 0 unspecified atom stereocenters. The zero-order valence-corrected chi connectivity index (χ0v) is 14.3. The van der Waals surface area contributed by atoms with Crippen LogP contribution < -0.4 is 5.32 Å². The second kappa shape index (κ2) is 5.15. The Labute approximate surface area is 136 Å². The van der Waals surface area contributed by atoms with Crippen molar-refractivity contribution in [1.29, 1.82) is 0 Å². The highest BCUT2D eigenvalue weighted by Crippen LogP contribution is 2.50. The topological polar surface area (TPSA) is 49.4 Å². The molecule has 4 nitrogen and oxygen atoms in total. The third-order valence-corrected chi connectivity index (χ3v) is 8.06. The molecule has 122 valence electrons. The minimum Gasteiger partial charge on any atom is -0.352 e. The van der Waals surface area contributed by atoms with Gasteiger partial charge in [0.15, 0.2) is 0 Å². The Bertz CT molecular complexity index is 511. The summed E-state index contributed by atoms with van der Waals surface area (Å²) in [5.41, 5.74) is 0. The lowest BCUT2D eigenvalue weighted by molar-refractivity contribution is -0.138. The number of amides is 2. The highest BCUT2D eigenvalue weighted by molar-refractivity contribution is 8.01. The molecule has 1 N–H and O–H groups in total. The molecule has 2 saturated heterocycles. The second-order valence-corrected chi connectivity index (χ2v) is 9.40. The fraction of sp³-hybridized carbons (Fsp3) is 0.882. The largest absolute Gasteiger partial charge is 0.352 e. The molecule has 4 fully saturated rings. The number of nitrogens with one attached hydrogen (secondary N) is 1. The van der Waals surface area contributed by atoms with Crippen molar-refractivity contribution in [1.82, 2.24) is 10.2 Å². The van der Waals surface area contributed by atoms with Gasteiger partial charge in [0.05, 0.1) is 4.87 Å². The van der Waals surface area contributed by atoms with Crippen LogP contribution in [-0.4, -0.2) is 39.4 Å². The van der Waals surface area contributed by atoms with Gasteiger partial charge in [-0.25, -0.2) is 0 Å². The van der Waals surface area contributed by atoms with E-state index in [9.17, 15) is 9.59 Å². The molecule has 0 spiro atoms. The quantitative estimate of drug-likeness (QED) is 0.868. The Morgan fingerprint density at radius 3 is 2.91 bits per heavy atom. The van der Waals surface area contributed by atoms with Crippen LogP contribution in [0.2, 0.25) is 0 Å². The predicted molar refractivity (Wildman–Crippen MR) is 87.3 cm³/mol. The number of fused-ring (bicyclic) bond motifs is 3. The summed E-state index contributed by atoms with van der Waals surface area (Å²) in [5, 5.41) is 3.25. The van der Waals surface area contributed by atoms with E-state index in [-0.39, 0.29) is 28.8 Å². The van der Waals surface area contributed by atoms with Gasteiger partial charge in [0.2, 0.25) is 11.8 Å². The summed E-state index contributed by atoms with van der Waals surface area (Å²) in [4.78, 5) is 26.6. The minimum absolute atomic E-state index is 0.0711. The minimum atomic E-state index is -0.258. The van der Waals surface area contributed by atoms with Crippen LogP contribution in [0.1, 0.15) is 52.4 Å². The van der Waals surface area contributed by atoms with Crippen LogP contribution in [-0.2, 0) is 9.59 Å². The lowest BCUT2D eigenvalue weighted by Crippen LogP contribution is -2.53. The maximum atomic E-state index is 12.7. The molecule has 2 amide bonds. The molecule has 4 aliphatic rings. The van der Waals surface area contributed by atoms with Crippen molar-refractivity contribution >= 4 is 23.6 Å². The van der Waals surface area contributed by atoms with Crippen LogP contribution >= 0.6 is 11.8 Å². The van der Waals surface area contributed by atoms with E-state index >= 15 is 0 Å². The summed E-state index contributed by atoms with van der Waals surface area (Å²) in [6.45, 7) is 4.27. The van der Waals surface area contributed by atoms with E-state index in [0.717, 1.165) is 24.0 Å². The Kier molecular flexibility index (Phi) is 3.48. The number of thioether (sulfide) groups is 1. The van der Waals surface area contributed by atoms with Gasteiger partial charge in [-0.15, -0.1) is 11.8 Å². The molecule has 2 bridgehead atoms. The molecular weight excluding hydrogens is 296 g/mol. The van der Waals surface area contributed by atoms with Crippen LogP contribution in [0, 0.1) is 17.8 Å². The average molecular weight is 322 g/mol. The van der Waals surface area contributed by atoms with Gasteiger partial charge in [-0.3, -0.25) is 9.59 Å². The van der Waals surface area contributed by atoms with Crippen molar-refractivity contribution < 1.29 is 9.59 Å². The first-order valence-corrected chi connectivity index (χ1v) is 9.73. The molecule has 2 heterocycles. The van der Waals surface area contributed by atoms with E-state index < -0.39 is 0 Å². The Morgan fingerprint density at radius 2 is 2.23 bits per heavy atom. The van der Waals surface area contributed by atoms with Crippen LogP contribution in [0.25, 0.3) is 0 Å². The fourth-order valence-corrected chi connectivity index (χ4v) is 6.78. The molecule has 2 saturated carbocycles. The summed E-state index contributed by atoms with van der Waals surface area (Å²) >= 11 is 1.77. The molecule has 2 aliphatic heterocycles. The molecule has 6 atom stereocenters. The number of carbonyl (C=O) groups is 2. The molecule has 4 rings (SSSR count). The molecule has 0 radical (unpaired) electrons. The van der Waals surface area contributed by atoms with Gasteiger partial charge in [-0.05, 0) is 57.3 Å². The van der Waals surface area contributed by atoms with Crippen LogP contribution in [0.3, 0.4) is 0 Å². The van der Waals surface area contributed by atoms with E-state index in [2.05, 4.69) is 19.2 Å². The summed E-state index contributed by atoms with van der Waals surface area (Å²) in [6.07, 6.45) is 6.86. The zero-order valence-electron chi connectivity index (χ0n) is 13.5. The molecule has 0 aromatic rings. The summed E-state index contributed by atoms with van der Waals surface area (Å²) in [7, 11) is 0. The Morgan fingerprint density at radius 1 is 1.41 bits per heavy atom. The number of rotatable bonds is 3. The van der Waals surface area contributed by atoms with Gasteiger partial charge in [-0.1, -0.05) is 6.42 Å².